The summed E-state index contributed by atoms with van der Waals surface area (Å²) in [6, 6.07) is 5.53. The highest BCUT2D eigenvalue weighted by molar-refractivity contribution is 7.89. The number of alkyl halides is 1. The van der Waals surface area contributed by atoms with Gasteiger partial charge in [-0.2, -0.15) is 9.97 Å². The summed E-state index contributed by atoms with van der Waals surface area (Å²) in [4.78, 5) is 17.3. The number of sulfonamides is 1. The minimum absolute atomic E-state index is 0.0331. The molecule has 0 unspecified atom stereocenters. The Morgan fingerprint density at radius 3 is 2.76 bits per heavy atom. The molecule has 46 heavy (non-hydrogen) atoms. The number of piperidine rings is 1. The van der Waals surface area contributed by atoms with E-state index in [9.17, 15) is 22.3 Å². The third-order valence-electron chi connectivity index (χ3n) is 9.78. The number of hydrogen-bond acceptors (Lipinski definition) is 9. The van der Waals surface area contributed by atoms with Crippen molar-refractivity contribution in [3.63, 3.8) is 0 Å². The predicted octanol–water partition coefficient (Wildman–Crippen LogP) is 4.60. The van der Waals surface area contributed by atoms with Gasteiger partial charge in [-0.05, 0) is 73.2 Å². The van der Waals surface area contributed by atoms with Gasteiger partial charge in [-0.25, -0.2) is 26.7 Å². The van der Waals surface area contributed by atoms with E-state index in [1.807, 2.05) is 0 Å². The molecule has 3 aliphatic rings. The van der Waals surface area contributed by atoms with Crippen LogP contribution in [0.5, 0.6) is 11.8 Å². The normalized spacial score (nSPS) is 23.8. The standard InChI is InChI=1S/C32H35F3N6O4S/c1-2-22-25(34)7-6-18-11-20(42)12-23(26(18)22)28-27(35)29-24(14-37-28)30(40-9-3-5-21(16-40)46(36,43)44)39-31(38-29)45-17-32-8-4-10-41(32)15-19(33)13-32/h6-7,11-12,14,19,21,42H,2-5,8-10,13,15-17H2,1H3,(H2,36,43,44)/t19-,21+,32+/m1/s1. The maximum atomic E-state index is 16.8. The Balaban J connectivity index is 1.38. The van der Waals surface area contributed by atoms with Crippen molar-refractivity contribution >= 4 is 37.5 Å². The predicted molar refractivity (Wildman–Crippen MR) is 168 cm³/mol. The van der Waals surface area contributed by atoms with Crippen LogP contribution in [0.25, 0.3) is 32.9 Å². The first-order valence-electron chi connectivity index (χ1n) is 15.6. The highest BCUT2D eigenvalue weighted by atomic mass is 32.2. The number of primary sulfonamides is 1. The van der Waals surface area contributed by atoms with Crippen molar-refractivity contribution in [2.45, 2.75) is 62.4 Å². The number of nitrogens with two attached hydrogens (primary N) is 1. The smallest absolute Gasteiger partial charge is 0.319 e. The molecule has 10 nitrogen and oxygen atoms in total. The molecule has 3 fully saturated rings. The largest absolute Gasteiger partial charge is 0.508 e. The lowest BCUT2D eigenvalue weighted by Gasteiger charge is -2.33. The molecule has 0 aliphatic carbocycles. The van der Waals surface area contributed by atoms with Crippen molar-refractivity contribution in [1.82, 2.24) is 19.9 Å². The van der Waals surface area contributed by atoms with Gasteiger partial charge in [-0.1, -0.05) is 13.0 Å². The van der Waals surface area contributed by atoms with Crippen LogP contribution in [-0.2, 0) is 16.4 Å². The van der Waals surface area contributed by atoms with Crippen LogP contribution >= 0.6 is 0 Å². The fraction of sp³-hybridized carbons (Fsp3) is 0.469. The number of halogens is 3. The second-order valence-corrected chi connectivity index (χ2v) is 14.5. The molecule has 244 valence electrons. The van der Waals surface area contributed by atoms with E-state index >= 15 is 4.39 Å². The van der Waals surface area contributed by atoms with E-state index in [1.165, 1.54) is 30.5 Å². The van der Waals surface area contributed by atoms with Crippen molar-refractivity contribution in [2.24, 2.45) is 5.14 Å². The number of ether oxygens (including phenoxy) is 1. The van der Waals surface area contributed by atoms with E-state index in [0.717, 1.165) is 19.4 Å². The van der Waals surface area contributed by atoms with Crippen molar-refractivity contribution in [3.8, 4) is 23.0 Å². The summed E-state index contributed by atoms with van der Waals surface area (Å²) in [7, 11) is -3.85. The Morgan fingerprint density at radius 1 is 1.15 bits per heavy atom. The van der Waals surface area contributed by atoms with Crippen LogP contribution in [0.4, 0.5) is 19.0 Å². The Labute approximate surface area is 264 Å². The Kier molecular flexibility index (Phi) is 7.72. The quantitative estimate of drug-likeness (QED) is 0.293. The molecular formula is C32H35F3N6O4S. The zero-order valence-corrected chi connectivity index (χ0v) is 26.2. The summed E-state index contributed by atoms with van der Waals surface area (Å²) < 4.78 is 76.9. The van der Waals surface area contributed by atoms with Crippen LogP contribution in [0.2, 0.25) is 0 Å². The lowest BCUT2D eigenvalue weighted by molar-refractivity contribution is 0.107. The third-order valence-corrected chi connectivity index (χ3v) is 11.1. The summed E-state index contributed by atoms with van der Waals surface area (Å²) in [5, 5.41) is 16.4. The topological polar surface area (TPSA) is 135 Å². The number of aromatic hydroxyl groups is 1. The maximum Gasteiger partial charge on any atom is 0.319 e. The molecule has 0 radical (unpaired) electrons. The monoisotopic (exact) mass is 656 g/mol. The van der Waals surface area contributed by atoms with Gasteiger partial charge >= 0.3 is 6.01 Å². The Morgan fingerprint density at radius 2 is 1.98 bits per heavy atom. The molecule has 0 amide bonds. The summed E-state index contributed by atoms with van der Waals surface area (Å²) >= 11 is 0. The Bertz CT molecular complexity index is 1960. The zero-order valence-electron chi connectivity index (χ0n) is 25.3. The van der Waals surface area contributed by atoms with Gasteiger partial charge in [-0.3, -0.25) is 9.88 Å². The van der Waals surface area contributed by atoms with Crippen molar-refractivity contribution in [1.29, 1.82) is 0 Å². The third kappa shape index (κ3) is 5.29. The lowest BCUT2D eigenvalue weighted by atomic mass is 9.94. The first-order chi connectivity index (χ1) is 22.0. The highest BCUT2D eigenvalue weighted by Crippen LogP contribution is 2.42. The number of anilines is 1. The van der Waals surface area contributed by atoms with Crippen molar-refractivity contribution in [3.05, 3.63) is 47.7 Å². The number of fused-ring (bicyclic) bond motifs is 3. The molecule has 4 aromatic rings. The van der Waals surface area contributed by atoms with Crippen LogP contribution in [0.1, 0.15) is 44.6 Å². The van der Waals surface area contributed by atoms with Gasteiger partial charge in [0.2, 0.25) is 10.0 Å². The molecule has 3 saturated heterocycles. The zero-order chi connectivity index (χ0) is 32.4. The first kappa shape index (κ1) is 30.9. The SMILES string of the molecule is CCc1c(F)ccc2cc(O)cc(-c3ncc4c(N5CCC[C@H](S(N)(=O)=O)C5)nc(OC[C@@]56CCCN5C[C@H](F)C6)nc4c3F)c12. The number of rotatable bonds is 7. The van der Waals surface area contributed by atoms with E-state index in [1.54, 1.807) is 11.8 Å². The minimum atomic E-state index is -3.85. The van der Waals surface area contributed by atoms with E-state index in [2.05, 4.69) is 19.9 Å². The second kappa shape index (κ2) is 11.5. The molecule has 14 heteroatoms. The molecule has 2 aromatic carbocycles. The van der Waals surface area contributed by atoms with Crippen molar-refractivity contribution < 1.29 is 31.4 Å². The van der Waals surface area contributed by atoms with Crippen LogP contribution in [0.3, 0.4) is 0 Å². The molecule has 7 rings (SSSR count). The first-order valence-corrected chi connectivity index (χ1v) is 17.2. The molecule has 0 saturated carbocycles. The van der Waals surface area contributed by atoms with Crippen molar-refractivity contribution in [2.75, 3.05) is 37.7 Å². The van der Waals surface area contributed by atoms with E-state index < -0.39 is 38.6 Å². The summed E-state index contributed by atoms with van der Waals surface area (Å²) in [5.41, 5.74) is -0.246. The molecule has 2 aromatic heterocycles. The average Bonchev–Trinajstić information content (AvgIpc) is 3.55. The van der Waals surface area contributed by atoms with Crippen LogP contribution < -0.4 is 14.8 Å². The van der Waals surface area contributed by atoms with Crippen LogP contribution in [0.15, 0.2) is 30.5 Å². The van der Waals surface area contributed by atoms with Gasteiger partial charge in [0.1, 0.15) is 41.4 Å². The molecule has 3 aliphatic heterocycles. The van der Waals surface area contributed by atoms with E-state index in [0.29, 0.717) is 55.1 Å². The van der Waals surface area contributed by atoms with E-state index in [4.69, 9.17) is 9.88 Å². The number of phenolic OH excluding ortho intramolecular Hbond substituents is 1. The van der Waals surface area contributed by atoms with E-state index in [-0.39, 0.29) is 52.9 Å². The number of phenols is 1. The van der Waals surface area contributed by atoms with Gasteiger partial charge in [0, 0.05) is 37.8 Å². The average molecular weight is 657 g/mol. The molecule has 0 bridgehead atoms. The fourth-order valence-corrected chi connectivity index (χ4v) is 8.48. The number of benzene rings is 2. The minimum Gasteiger partial charge on any atom is -0.508 e. The number of pyridine rings is 1. The van der Waals surface area contributed by atoms with Crippen LogP contribution in [0, 0.1) is 11.6 Å². The summed E-state index contributed by atoms with van der Waals surface area (Å²) in [6.07, 6.45) is 3.61. The molecule has 0 spiro atoms. The molecular weight excluding hydrogens is 621 g/mol. The number of nitrogens with zero attached hydrogens (tertiary/aromatic N) is 5. The molecule has 3 atom stereocenters. The second-order valence-electron chi connectivity index (χ2n) is 12.6. The van der Waals surface area contributed by atoms with Gasteiger partial charge in [0.25, 0.3) is 0 Å². The Hall–Kier alpha value is -3.75. The summed E-state index contributed by atoms with van der Waals surface area (Å²) in [6.45, 7) is 3.45. The maximum absolute atomic E-state index is 16.8. The highest BCUT2D eigenvalue weighted by Gasteiger charge is 2.49. The molecule has 5 heterocycles. The molecule has 3 N–H and O–H groups in total. The fourth-order valence-electron chi connectivity index (χ4n) is 7.59. The van der Waals surface area contributed by atoms with Gasteiger partial charge < -0.3 is 14.7 Å². The lowest BCUT2D eigenvalue weighted by Crippen LogP contribution is -2.45. The number of hydrogen-bond donors (Lipinski definition) is 2. The van der Waals surface area contributed by atoms with Crippen LogP contribution in [-0.4, -0.2) is 83.1 Å². The number of aryl methyl sites for hydroxylation is 1. The van der Waals surface area contributed by atoms with Gasteiger partial charge in [-0.15, -0.1) is 0 Å². The van der Waals surface area contributed by atoms with Gasteiger partial charge in [0.05, 0.1) is 16.2 Å². The summed E-state index contributed by atoms with van der Waals surface area (Å²) in [5.74, 6) is -1.20. The van der Waals surface area contributed by atoms with Gasteiger partial charge in [0.15, 0.2) is 5.82 Å². The number of aromatic nitrogens is 3.